The van der Waals surface area contributed by atoms with Crippen LogP contribution in [0.4, 0.5) is 13.2 Å². The number of nitrogens with two attached hydrogens (primary N) is 2. The van der Waals surface area contributed by atoms with Gasteiger partial charge >= 0.3 is 0 Å². The lowest BCUT2D eigenvalue weighted by Gasteiger charge is -2.33. The van der Waals surface area contributed by atoms with Crippen molar-refractivity contribution >= 4 is 17.4 Å². The van der Waals surface area contributed by atoms with Crippen LogP contribution in [-0.2, 0) is 16.1 Å². The van der Waals surface area contributed by atoms with Crippen LogP contribution in [0.2, 0.25) is 0 Å². The number of rotatable bonds is 6. The van der Waals surface area contributed by atoms with Gasteiger partial charge in [0.2, 0.25) is 5.91 Å². The van der Waals surface area contributed by atoms with Crippen LogP contribution < -0.4 is 27.4 Å². The van der Waals surface area contributed by atoms with E-state index in [1.165, 1.54) is 12.1 Å². The monoisotopic (exact) mass is 503 g/mol. The molecule has 1 aromatic heterocycles. The number of hydrogen-bond acceptors (Lipinski definition) is 6. The van der Waals surface area contributed by atoms with E-state index in [2.05, 4.69) is 10.3 Å². The van der Waals surface area contributed by atoms with Crippen molar-refractivity contribution in [3.63, 3.8) is 0 Å². The number of hydrogen-bond donors (Lipinski definition) is 3. The summed E-state index contributed by atoms with van der Waals surface area (Å²) in [4.78, 5) is 19.1. The predicted octanol–water partition coefficient (Wildman–Crippen LogP) is 1.80. The molecule has 2 fully saturated rings. The van der Waals surface area contributed by atoms with Crippen molar-refractivity contribution in [3.8, 4) is 0 Å². The number of nitrogens with zero attached hydrogens (tertiary/aromatic N) is 2. The topological polar surface area (TPSA) is 106 Å². The highest BCUT2D eigenvalue weighted by molar-refractivity contribution is 5.79. The first-order valence-electron chi connectivity index (χ1n) is 12.1. The lowest BCUT2D eigenvalue weighted by molar-refractivity contribution is -0.136. The van der Waals surface area contributed by atoms with Crippen LogP contribution in [0, 0.1) is 11.7 Å². The molecule has 0 aliphatic carbocycles. The molecule has 36 heavy (non-hydrogen) atoms. The van der Waals surface area contributed by atoms with Gasteiger partial charge in [-0.25, -0.2) is 13.2 Å². The van der Waals surface area contributed by atoms with Crippen LogP contribution in [-0.4, -0.2) is 42.1 Å². The van der Waals surface area contributed by atoms with Gasteiger partial charge < -0.3 is 26.4 Å². The van der Waals surface area contributed by atoms with Gasteiger partial charge in [-0.15, -0.1) is 0 Å². The van der Waals surface area contributed by atoms with Gasteiger partial charge in [-0.2, -0.15) is 0 Å². The Balaban J connectivity index is 1.53. The number of piperidine rings is 1. The minimum atomic E-state index is -2.90. The third-order valence-electron chi connectivity index (χ3n) is 6.94. The third kappa shape index (κ3) is 5.59. The van der Waals surface area contributed by atoms with Gasteiger partial charge in [-0.05, 0) is 43.7 Å². The number of benzene rings is 1. The molecule has 2 aromatic rings. The van der Waals surface area contributed by atoms with Crippen molar-refractivity contribution in [2.75, 3.05) is 26.3 Å². The number of aromatic nitrogens is 1. The molecule has 0 bridgehead atoms. The van der Waals surface area contributed by atoms with Crippen molar-refractivity contribution in [1.82, 2.24) is 15.2 Å². The standard InChI is InChI=1S/C26H32F3N5O2/c1-15(30)23-21(25(31)33-12-17-3-2-4-20(22(17)27)24(28)29)11-19(13-32-23)16-5-8-34(9-6-16)26(35)18-7-10-36-14-18/h2-4,11,13,16,18,24,33H,5-10,12,14,30-31H2,1H3/b23-15+,25-21+. The molecular formula is C26H32F3N5O2. The number of carbonyl (C=O) groups is 1. The maximum Gasteiger partial charge on any atom is 0.266 e. The molecule has 194 valence electrons. The Kier molecular flexibility index (Phi) is 8.03. The van der Waals surface area contributed by atoms with E-state index in [4.69, 9.17) is 16.2 Å². The number of amides is 1. The molecule has 10 heteroatoms. The Labute approximate surface area is 208 Å². The van der Waals surface area contributed by atoms with Crippen LogP contribution in [0.15, 0.2) is 30.5 Å². The molecule has 5 N–H and O–H groups in total. The zero-order valence-electron chi connectivity index (χ0n) is 20.3. The zero-order chi connectivity index (χ0) is 25.8. The fourth-order valence-corrected chi connectivity index (χ4v) is 4.83. The summed E-state index contributed by atoms with van der Waals surface area (Å²) in [5, 5.41) is 4.01. The molecule has 7 nitrogen and oxygen atoms in total. The normalized spacial score (nSPS) is 20.5. The van der Waals surface area contributed by atoms with Crippen LogP contribution >= 0.6 is 0 Å². The first-order valence-corrected chi connectivity index (χ1v) is 12.1. The van der Waals surface area contributed by atoms with Gasteiger partial charge in [0.25, 0.3) is 6.43 Å². The van der Waals surface area contributed by atoms with Crippen LogP contribution in [0.25, 0.3) is 11.5 Å². The Hall–Kier alpha value is -3.27. The van der Waals surface area contributed by atoms with Gasteiger partial charge in [0.15, 0.2) is 0 Å². The highest BCUT2D eigenvalue weighted by Crippen LogP contribution is 2.28. The second-order valence-corrected chi connectivity index (χ2v) is 9.40. The van der Waals surface area contributed by atoms with Crippen molar-refractivity contribution < 1.29 is 22.7 Å². The van der Waals surface area contributed by atoms with Crippen LogP contribution in [0.1, 0.15) is 55.2 Å². The average molecular weight is 504 g/mol. The number of alkyl halides is 2. The van der Waals surface area contributed by atoms with E-state index in [0.717, 1.165) is 30.9 Å². The smallest absolute Gasteiger partial charge is 0.266 e. The fourth-order valence-electron chi connectivity index (χ4n) is 4.83. The molecule has 2 aliphatic heterocycles. The average Bonchev–Trinajstić information content (AvgIpc) is 3.42. The highest BCUT2D eigenvalue weighted by atomic mass is 19.3. The lowest BCUT2D eigenvalue weighted by atomic mass is 9.89. The molecule has 2 aliphatic rings. The van der Waals surface area contributed by atoms with E-state index in [-0.39, 0.29) is 35.7 Å². The molecule has 1 aromatic carbocycles. The number of ether oxygens (including phenoxy) is 1. The van der Waals surface area contributed by atoms with E-state index < -0.39 is 17.8 Å². The maximum absolute atomic E-state index is 14.4. The Bertz CT molecular complexity index is 1220. The summed E-state index contributed by atoms with van der Waals surface area (Å²) >= 11 is 0. The van der Waals surface area contributed by atoms with Gasteiger partial charge in [-0.3, -0.25) is 9.78 Å². The highest BCUT2D eigenvalue weighted by Gasteiger charge is 2.31. The first-order chi connectivity index (χ1) is 17.3. The summed E-state index contributed by atoms with van der Waals surface area (Å²) in [5.41, 5.74) is 13.2. The molecule has 1 unspecified atom stereocenters. The van der Waals surface area contributed by atoms with Crippen molar-refractivity contribution in [1.29, 1.82) is 0 Å². The van der Waals surface area contributed by atoms with Gasteiger partial charge in [0.1, 0.15) is 11.6 Å². The lowest BCUT2D eigenvalue weighted by Crippen LogP contribution is -2.42. The molecule has 3 heterocycles. The van der Waals surface area contributed by atoms with Crippen LogP contribution in [0.3, 0.4) is 0 Å². The Morgan fingerprint density at radius 3 is 2.64 bits per heavy atom. The molecule has 0 saturated carbocycles. The zero-order valence-corrected chi connectivity index (χ0v) is 20.3. The molecule has 0 spiro atoms. The fraction of sp³-hybridized carbons (Fsp3) is 0.462. The van der Waals surface area contributed by atoms with Crippen molar-refractivity contribution in [2.24, 2.45) is 17.4 Å². The third-order valence-corrected chi connectivity index (χ3v) is 6.94. The van der Waals surface area contributed by atoms with E-state index in [9.17, 15) is 18.0 Å². The van der Waals surface area contributed by atoms with Gasteiger partial charge in [-0.1, -0.05) is 18.2 Å². The van der Waals surface area contributed by atoms with Gasteiger partial charge in [0.05, 0.1) is 23.4 Å². The summed E-state index contributed by atoms with van der Waals surface area (Å²) < 4.78 is 45.9. The van der Waals surface area contributed by atoms with E-state index >= 15 is 0 Å². The number of carbonyl (C=O) groups excluding carboxylic acids is 1. The molecule has 0 radical (unpaired) electrons. The maximum atomic E-state index is 14.4. The van der Waals surface area contributed by atoms with E-state index in [0.29, 0.717) is 42.6 Å². The quantitative estimate of drug-likeness (QED) is 0.555. The van der Waals surface area contributed by atoms with E-state index in [1.807, 2.05) is 11.0 Å². The molecule has 2 saturated heterocycles. The molecule has 1 amide bonds. The first kappa shape index (κ1) is 25.8. The predicted molar refractivity (Wildman–Crippen MR) is 130 cm³/mol. The molecule has 4 rings (SSSR count). The minimum absolute atomic E-state index is 0.0381. The summed E-state index contributed by atoms with van der Waals surface area (Å²) in [6.07, 6.45) is 1.25. The molecule has 1 atom stereocenters. The van der Waals surface area contributed by atoms with Gasteiger partial charge in [0, 0.05) is 48.9 Å². The van der Waals surface area contributed by atoms with E-state index in [1.54, 1.807) is 13.1 Å². The Morgan fingerprint density at radius 2 is 2.00 bits per heavy atom. The summed E-state index contributed by atoms with van der Waals surface area (Å²) in [7, 11) is 0. The summed E-state index contributed by atoms with van der Waals surface area (Å²) in [5.74, 6) is -0.408. The van der Waals surface area contributed by atoms with Crippen LogP contribution in [0.5, 0.6) is 0 Å². The van der Waals surface area contributed by atoms with Crippen molar-refractivity contribution in [2.45, 2.75) is 45.1 Å². The number of likely N-dealkylation sites (tertiary alicyclic amines) is 1. The number of pyridine rings is 1. The van der Waals surface area contributed by atoms with Crippen molar-refractivity contribution in [3.05, 3.63) is 63.5 Å². The second kappa shape index (κ2) is 11.2. The summed E-state index contributed by atoms with van der Waals surface area (Å²) in [6, 6.07) is 5.80. The number of halogens is 3. The SMILES string of the molecule is C/C(N)=c1\ncc(C2CCN(C(=O)C3CCOC3)CC2)c\c1=C(\N)NCc1cccc(C(F)F)c1F. The Morgan fingerprint density at radius 1 is 1.25 bits per heavy atom. The summed E-state index contributed by atoms with van der Waals surface area (Å²) in [6.45, 7) is 4.10. The molecular weight excluding hydrogens is 471 g/mol. The minimum Gasteiger partial charge on any atom is -0.401 e. The largest absolute Gasteiger partial charge is 0.401 e. The second-order valence-electron chi connectivity index (χ2n) is 9.40. The number of nitrogens with one attached hydrogen (secondary N) is 1.